The summed E-state index contributed by atoms with van der Waals surface area (Å²) in [5.74, 6) is 0.650. The molecule has 1 atom stereocenters. The first-order chi connectivity index (χ1) is 11.3. The first kappa shape index (κ1) is 18.9. The summed E-state index contributed by atoms with van der Waals surface area (Å²) in [6.07, 6.45) is 4.98. The molecule has 0 amide bonds. The Bertz CT molecular complexity index is 811. The molecule has 0 aliphatic carbocycles. The van der Waals surface area contributed by atoms with Gasteiger partial charge >= 0.3 is 0 Å². The lowest BCUT2D eigenvalue weighted by Gasteiger charge is -2.15. The summed E-state index contributed by atoms with van der Waals surface area (Å²) in [6.45, 7) is 2.87. The molecule has 0 spiro atoms. The van der Waals surface area contributed by atoms with Crippen molar-refractivity contribution >= 4 is 32.2 Å². The first-order valence-corrected chi connectivity index (χ1v) is 9.99. The van der Waals surface area contributed by atoms with Gasteiger partial charge in [-0.3, -0.25) is 0 Å². The van der Waals surface area contributed by atoms with Gasteiger partial charge in [-0.25, -0.2) is 18.4 Å². The molecule has 6 nitrogen and oxygen atoms in total. The Labute approximate surface area is 147 Å². The second-order valence-corrected chi connectivity index (χ2v) is 8.41. The van der Waals surface area contributed by atoms with Crippen molar-refractivity contribution in [3.05, 3.63) is 29.2 Å². The fraction of sp³-hybridized carbons (Fsp3) is 0.500. The van der Waals surface area contributed by atoms with Crippen LogP contribution >= 0.6 is 11.6 Å². The van der Waals surface area contributed by atoms with E-state index < -0.39 is 9.84 Å². The summed E-state index contributed by atoms with van der Waals surface area (Å²) in [5, 5.41) is 2.05. The Morgan fingerprint density at radius 1 is 1.25 bits per heavy atom. The fourth-order valence-electron chi connectivity index (χ4n) is 2.44. The number of hydrogen-bond acceptors (Lipinski definition) is 6. The summed E-state index contributed by atoms with van der Waals surface area (Å²) < 4.78 is 33.2. The van der Waals surface area contributed by atoms with Gasteiger partial charge in [-0.15, -0.1) is 0 Å². The van der Waals surface area contributed by atoms with E-state index in [-0.39, 0.29) is 18.3 Å². The van der Waals surface area contributed by atoms with E-state index in [0.717, 1.165) is 16.3 Å². The van der Waals surface area contributed by atoms with E-state index in [1.165, 1.54) is 6.26 Å². The average Bonchev–Trinajstić information content (AvgIpc) is 2.50. The van der Waals surface area contributed by atoms with Crippen molar-refractivity contribution in [1.82, 2.24) is 9.97 Å². The Kier molecular flexibility index (Phi) is 6.37. The molecular formula is C16H21ClN2O4S. The third-order valence-corrected chi connectivity index (χ3v) is 4.82. The molecule has 24 heavy (non-hydrogen) atoms. The molecule has 2 aromatic rings. The predicted octanol–water partition coefficient (Wildman–Crippen LogP) is 2.85. The highest BCUT2D eigenvalue weighted by atomic mass is 35.5. The zero-order chi connectivity index (χ0) is 17.7. The maximum absolute atomic E-state index is 11.2. The highest BCUT2D eigenvalue weighted by Crippen LogP contribution is 2.31. The van der Waals surface area contributed by atoms with Crippen molar-refractivity contribution in [3.63, 3.8) is 0 Å². The van der Waals surface area contributed by atoms with E-state index in [9.17, 15) is 8.42 Å². The maximum atomic E-state index is 11.2. The summed E-state index contributed by atoms with van der Waals surface area (Å²) in [5.41, 5.74) is 1.000. The van der Waals surface area contributed by atoms with Crippen molar-refractivity contribution < 1.29 is 17.9 Å². The molecule has 0 bridgehead atoms. The largest absolute Gasteiger partial charge is 0.477 e. The molecule has 0 N–H and O–H groups in total. The normalized spacial score (nSPS) is 13.2. The molecule has 0 radical (unpaired) electrons. The van der Waals surface area contributed by atoms with Gasteiger partial charge in [0.15, 0.2) is 0 Å². The van der Waals surface area contributed by atoms with E-state index in [1.54, 1.807) is 25.6 Å². The van der Waals surface area contributed by atoms with Crippen molar-refractivity contribution in [1.29, 1.82) is 0 Å². The Balaban J connectivity index is 2.27. The number of hydrogen-bond donors (Lipinski definition) is 0. The molecule has 2 aromatic heterocycles. The van der Waals surface area contributed by atoms with E-state index in [0.29, 0.717) is 24.1 Å². The highest BCUT2D eigenvalue weighted by molar-refractivity contribution is 7.90. The van der Waals surface area contributed by atoms with Crippen LogP contribution in [-0.4, -0.2) is 50.7 Å². The van der Waals surface area contributed by atoms with Crippen LogP contribution in [-0.2, 0) is 14.6 Å². The van der Waals surface area contributed by atoms with Crippen molar-refractivity contribution in [2.24, 2.45) is 0 Å². The van der Waals surface area contributed by atoms with Crippen LogP contribution in [0.25, 0.3) is 10.8 Å². The van der Waals surface area contributed by atoms with Crippen molar-refractivity contribution in [2.75, 3.05) is 32.3 Å². The lowest BCUT2D eigenvalue weighted by Crippen LogP contribution is -2.09. The van der Waals surface area contributed by atoms with Crippen LogP contribution in [0.1, 0.15) is 24.8 Å². The summed E-state index contributed by atoms with van der Waals surface area (Å²) in [7, 11) is -1.34. The minimum atomic E-state index is -3.00. The Morgan fingerprint density at radius 2 is 2.00 bits per heavy atom. The van der Waals surface area contributed by atoms with E-state index in [4.69, 9.17) is 21.1 Å². The molecule has 132 valence electrons. The summed E-state index contributed by atoms with van der Waals surface area (Å²) >= 11 is 6.03. The SMILES string of the molecule is COC[C@H](C)c1cnc(OCCCS(C)(=O)=O)c2cnc(Cl)cc12. The topological polar surface area (TPSA) is 78.4 Å². The van der Waals surface area contributed by atoms with Crippen LogP contribution in [0.15, 0.2) is 18.5 Å². The van der Waals surface area contributed by atoms with Gasteiger partial charge in [0.1, 0.15) is 15.0 Å². The molecule has 0 unspecified atom stereocenters. The number of rotatable bonds is 8. The van der Waals surface area contributed by atoms with E-state index >= 15 is 0 Å². The maximum Gasteiger partial charge on any atom is 0.222 e. The third kappa shape index (κ3) is 5.03. The van der Waals surface area contributed by atoms with Gasteiger partial charge in [-0.2, -0.15) is 0 Å². The van der Waals surface area contributed by atoms with Gasteiger partial charge in [-0.05, 0) is 23.4 Å². The van der Waals surface area contributed by atoms with Gasteiger partial charge in [0, 0.05) is 31.7 Å². The lowest BCUT2D eigenvalue weighted by molar-refractivity contribution is 0.184. The zero-order valence-electron chi connectivity index (χ0n) is 14.0. The number of sulfone groups is 1. The van der Waals surface area contributed by atoms with Gasteiger partial charge in [-0.1, -0.05) is 18.5 Å². The van der Waals surface area contributed by atoms with Crippen LogP contribution in [0.5, 0.6) is 5.88 Å². The highest BCUT2D eigenvalue weighted by Gasteiger charge is 2.15. The number of nitrogens with zero attached hydrogens (tertiary/aromatic N) is 2. The molecule has 0 saturated heterocycles. The smallest absolute Gasteiger partial charge is 0.222 e. The minimum Gasteiger partial charge on any atom is -0.477 e. The number of halogens is 1. The van der Waals surface area contributed by atoms with Gasteiger partial charge in [0.2, 0.25) is 5.88 Å². The summed E-state index contributed by atoms with van der Waals surface area (Å²) in [4.78, 5) is 8.46. The standard InChI is InChI=1S/C16H21ClN2O4S/c1-11(10-22-2)13-8-19-16(23-5-4-6-24(3,20)21)14-9-18-15(17)7-12(13)14/h7-9,11H,4-6,10H2,1-3H3/t11-/m0/s1. The van der Waals surface area contributed by atoms with Crippen molar-refractivity contribution in [3.8, 4) is 5.88 Å². The Morgan fingerprint density at radius 3 is 2.67 bits per heavy atom. The van der Waals surface area contributed by atoms with Crippen LogP contribution in [0.2, 0.25) is 5.15 Å². The molecular weight excluding hydrogens is 352 g/mol. The molecule has 2 rings (SSSR count). The average molecular weight is 373 g/mol. The van der Waals surface area contributed by atoms with Gasteiger partial charge < -0.3 is 9.47 Å². The Hall–Kier alpha value is -1.44. The lowest BCUT2D eigenvalue weighted by atomic mass is 9.99. The quantitative estimate of drug-likeness (QED) is 0.523. The zero-order valence-corrected chi connectivity index (χ0v) is 15.5. The molecule has 0 fully saturated rings. The molecule has 2 heterocycles. The number of methoxy groups -OCH3 is 1. The second-order valence-electron chi connectivity index (χ2n) is 5.76. The van der Waals surface area contributed by atoms with Crippen LogP contribution in [0, 0.1) is 0 Å². The third-order valence-electron chi connectivity index (χ3n) is 3.58. The predicted molar refractivity (Wildman–Crippen MR) is 94.7 cm³/mol. The molecule has 0 saturated carbocycles. The second kappa shape index (κ2) is 8.09. The number of ether oxygens (including phenoxy) is 2. The number of fused-ring (bicyclic) bond motifs is 1. The van der Waals surface area contributed by atoms with Crippen LogP contribution < -0.4 is 4.74 Å². The summed E-state index contributed by atoms with van der Waals surface area (Å²) in [6, 6.07) is 1.78. The molecule has 0 aliphatic heterocycles. The molecule has 8 heteroatoms. The van der Waals surface area contributed by atoms with Gasteiger partial charge in [0.25, 0.3) is 0 Å². The van der Waals surface area contributed by atoms with Gasteiger partial charge in [0.05, 0.1) is 24.4 Å². The monoisotopic (exact) mass is 372 g/mol. The minimum absolute atomic E-state index is 0.0813. The number of aromatic nitrogens is 2. The van der Waals surface area contributed by atoms with Crippen LogP contribution in [0.4, 0.5) is 0 Å². The molecule has 0 aliphatic rings. The van der Waals surface area contributed by atoms with Crippen molar-refractivity contribution in [2.45, 2.75) is 19.3 Å². The fourth-order valence-corrected chi connectivity index (χ4v) is 3.24. The van der Waals surface area contributed by atoms with E-state index in [2.05, 4.69) is 9.97 Å². The first-order valence-electron chi connectivity index (χ1n) is 7.55. The van der Waals surface area contributed by atoms with E-state index in [1.807, 2.05) is 6.92 Å². The van der Waals surface area contributed by atoms with Crippen LogP contribution in [0.3, 0.4) is 0 Å². The number of pyridine rings is 2. The molecule has 0 aromatic carbocycles.